The zero-order chi connectivity index (χ0) is 19.1. The minimum Gasteiger partial charge on any atom is -0.325 e. The molecule has 0 aromatic heterocycles. The number of para-hydroxylation sites is 2. The molecule has 0 heterocycles. The maximum absolute atomic E-state index is 12.1. The minimum absolute atomic E-state index is 0.0121. The Morgan fingerprint density at radius 2 is 1.58 bits per heavy atom. The second-order valence-corrected chi connectivity index (χ2v) is 5.91. The number of rotatable bonds is 7. The van der Waals surface area contributed by atoms with Gasteiger partial charge in [-0.2, -0.15) is 0 Å². The molecule has 0 fully saturated rings. The van der Waals surface area contributed by atoms with Crippen LogP contribution in [0, 0.1) is 17.0 Å². The number of amides is 2. The zero-order valence-corrected chi connectivity index (χ0v) is 14.6. The second-order valence-electron chi connectivity index (χ2n) is 5.91. The lowest BCUT2D eigenvalue weighted by Crippen LogP contribution is -2.36. The lowest BCUT2D eigenvalue weighted by molar-refractivity contribution is -0.383. The Morgan fingerprint density at radius 1 is 1.00 bits per heavy atom. The quantitative estimate of drug-likeness (QED) is 0.585. The first-order chi connectivity index (χ1) is 12.3. The monoisotopic (exact) mass is 356 g/mol. The molecule has 0 aliphatic carbocycles. The summed E-state index contributed by atoms with van der Waals surface area (Å²) in [6.07, 6.45) is 0. The van der Waals surface area contributed by atoms with Crippen molar-refractivity contribution in [2.45, 2.75) is 6.92 Å². The van der Waals surface area contributed by atoms with Crippen molar-refractivity contribution in [3.05, 3.63) is 64.2 Å². The summed E-state index contributed by atoms with van der Waals surface area (Å²) in [5, 5.41) is 16.2. The average molecular weight is 356 g/mol. The number of likely N-dealkylation sites (N-methyl/N-ethyl adjacent to an activating group) is 1. The molecule has 0 spiro atoms. The second kappa shape index (κ2) is 8.72. The van der Waals surface area contributed by atoms with E-state index >= 15 is 0 Å². The van der Waals surface area contributed by atoms with Crippen molar-refractivity contribution in [3.63, 3.8) is 0 Å². The van der Waals surface area contributed by atoms with Crippen LogP contribution in [0.2, 0.25) is 0 Å². The van der Waals surface area contributed by atoms with E-state index in [1.54, 1.807) is 25.2 Å². The van der Waals surface area contributed by atoms with Gasteiger partial charge in [0.2, 0.25) is 11.8 Å². The van der Waals surface area contributed by atoms with Gasteiger partial charge < -0.3 is 10.6 Å². The number of aryl methyl sites for hydroxylation is 1. The van der Waals surface area contributed by atoms with Crippen LogP contribution in [-0.2, 0) is 9.59 Å². The van der Waals surface area contributed by atoms with Crippen LogP contribution in [-0.4, -0.2) is 41.8 Å². The van der Waals surface area contributed by atoms with Gasteiger partial charge in [0, 0.05) is 11.8 Å². The fourth-order valence-electron chi connectivity index (χ4n) is 2.31. The average Bonchev–Trinajstić information content (AvgIpc) is 2.56. The molecule has 0 saturated carbocycles. The van der Waals surface area contributed by atoms with E-state index in [4.69, 9.17) is 0 Å². The molecular formula is C18H20N4O4. The molecule has 0 saturated heterocycles. The van der Waals surface area contributed by atoms with Gasteiger partial charge in [0.15, 0.2) is 0 Å². The number of benzene rings is 2. The highest BCUT2D eigenvalue weighted by Crippen LogP contribution is 2.22. The third-order valence-electron chi connectivity index (χ3n) is 3.54. The first-order valence-electron chi connectivity index (χ1n) is 7.93. The van der Waals surface area contributed by atoms with Gasteiger partial charge in [-0.15, -0.1) is 0 Å². The standard InChI is InChI=1S/C18H20N4O4/c1-13-7-9-14(10-8-13)19-17(23)11-21(2)12-18(24)20-15-5-3-4-6-16(15)22(25)26/h3-10H,11-12H2,1-2H3,(H,19,23)(H,20,24). The lowest BCUT2D eigenvalue weighted by Gasteiger charge is -2.16. The van der Waals surface area contributed by atoms with Crippen molar-refractivity contribution >= 4 is 28.9 Å². The molecule has 2 amide bonds. The highest BCUT2D eigenvalue weighted by molar-refractivity contribution is 5.95. The smallest absolute Gasteiger partial charge is 0.292 e. The number of anilines is 2. The van der Waals surface area contributed by atoms with Crippen LogP contribution in [0.1, 0.15) is 5.56 Å². The molecule has 0 bridgehead atoms. The van der Waals surface area contributed by atoms with E-state index in [0.717, 1.165) is 5.56 Å². The Bertz CT molecular complexity index is 805. The van der Waals surface area contributed by atoms with Crippen LogP contribution >= 0.6 is 0 Å². The maximum atomic E-state index is 12.1. The number of carbonyl (C=O) groups excluding carboxylic acids is 2. The molecule has 0 unspecified atom stereocenters. The number of hydrogen-bond acceptors (Lipinski definition) is 5. The number of carbonyl (C=O) groups is 2. The summed E-state index contributed by atoms with van der Waals surface area (Å²) >= 11 is 0. The van der Waals surface area contributed by atoms with Gasteiger partial charge in [0.05, 0.1) is 18.0 Å². The maximum Gasteiger partial charge on any atom is 0.292 e. The van der Waals surface area contributed by atoms with E-state index in [0.29, 0.717) is 5.69 Å². The molecule has 0 aliphatic heterocycles. The van der Waals surface area contributed by atoms with E-state index in [9.17, 15) is 19.7 Å². The van der Waals surface area contributed by atoms with Gasteiger partial charge in [0.1, 0.15) is 5.69 Å². The normalized spacial score (nSPS) is 10.4. The molecule has 0 aliphatic rings. The van der Waals surface area contributed by atoms with Gasteiger partial charge >= 0.3 is 0 Å². The SMILES string of the molecule is Cc1ccc(NC(=O)CN(C)CC(=O)Nc2ccccc2[N+](=O)[O-])cc1. The van der Waals surface area contributed by atoms with E-state index in [1.165, 1.54) is 23.1 Å². The van der Waals surface area contributed by atoms with Gasteiger partial charge in [0.25, 0.3) is 5.69 Å². The van der Waals surface area contributed by atoms with E-state index in [2.05, 4.69) is 10.6 Å². The van der Waals surface area contributed by atoms with Crippen molar-refractivity contribution < 1.29 is 14.5 Å². The summed E-state index contributed by atoms with van der Waals surface area (Å²) < 4.78 is 0. The zero-order valence-electron chi connectivity index (χ0n) is 14.6. The largest absolute Gasteiger partial charge is 0.325 e. The van der Waals surface area contributed by atoms with E-state index in [1.807, 2.05) is 19.1 Å². The lowest BCUT2D eigenvalue weighted by atomic mass is 10.2. The van der Waals surface area contributed by atoms with Crippen molar-refractivity contribution in [1.29, 1.82) is 0 Å². The molecule has 2 aromatic rings. The van der Waals surface area contributed by atoms with Crippen LogP contribution in [0.15, 0.2) is 48.5 Å². The Labute approximate surface area is 151 Å². The molecule has 0 radical (unpaired) electrons. The summed E-state index contributed by atoms with van der Waals surface area (Å²) in [5.74, 6) is -0.695. The number of nitro benzene ring substituents is 1. The van der Waals surface area contributed by atoms with Crippen molar-refractivity contribution in [1.82, 2.24) is 4.90 Å². The Morgan fingerprint density at radius 3 is 2.19 bits per heavy atom. The van der Waals surface area contributed by atoms with Crippen LogP contribution in [0.4, 0.5) is 17.1 Å². The van der Waals surface area contributed by atoms with E-state index < -0.39 is 10.8 Å². The van der Waals surface area contributed by atoms with Crippen LogP contribution in [0.5, 0.6) is 0 Å². The van der Waals surface area contributed by atoms with Gasteiger partial charge in [-0.1, -0.05) is 29.8 Å². The molecule has 136 valence electrons. The Balaban J connectivity index is 1.86. The molecule has 8 nitrogen and oxygen atoms in total. The summed E-state index contributed by atoms with van der Waals surface area (Å²) in [6.45, 7) is 1.89. The summed E-state index contributed by atoms with van der Waals surface area (Å²) in [7, 11) is 1.62. The van der Waals surface area contributed by atoms with Crippen LogP contribution in [0.25, 0.3) is 0 Å². The van der Waals surface area contributed by atoms with E-state index in [-0.39, 0.29) is 30.4 Å². The Hall–Kier alpha value is -3.26. The third-order valence-corrected chi connectivity index (χ3v) is 3.54. The Kier molecular flexibility index (Phi) is 6.40. The topological polar surface area (TPSA) is 105 Å². The molecule has 8 heteroatoms. The highest BCUT2D eigenvalue weighted by atomic mass is 16.6. The first-order valence-corrected chi connectivity index (χ1v) is 7.93. The molecular weight excluding hydrogens is 336 g/mol. The number of hydrogen-bond donors (Lipinski definition) is 2. The van der Waals surface area contributed by atoms with Crippen molar-refractivity contribution in [2.24, 2.45) is 0 Å². The molecule has 2 aromatic carbocycles. The first kappa shape index (κ1) is 19.1. The minimum atomic E-state index is -0.561. The molecule has 0 atom stereocenters. The molecule has 2 N–H and O–H groups in total. The predicted molar refractivity (Wildman–Crippen MR) is 99.0 cm³/mol. The molecule has 2 rings (SSSR count). The number of nitrogens with one attached hydrogen (secondary N) is 2. The van der Waals surface area contributed by atoms with Crippen LogP contribution in [0.3, 0.4) is 0 Å². The van der Waals surface area contributed by atoms with Gasteiger partial charge in [-0.3, -0.25) is 24.6 Å². The third kappa shape index (κ3) is 5.67. The van der Waals surface area contributed by atoms with Gasteiger partial charge in [-0.05, 0) is 32.2 Å². The summed E-state index contributed by atoms with van der Waals surface area (Å²) in [6, 6.07) is 13.3. The summed E-state index contributed by atoms with van der Waals surface area (Å²) in [5.41, 5.74) is 1.71. The van der Waals surface area contributed by atoms with Gasteiger partial charge in [-0.25, -0.2) is 0 Å². The number of nitro groups is 1. The number of nitrogens with zero attached hydrogens (tertiary/aromatic N) is 2. The highest BCUT2D eigenvalue weighted by Gasteiger charge is 2.16. The fourth-order valence-corrected chi connectivity index (χ4v) is 2.31. The fraction of sp³-hybridized carbons (Fsp3) is 0.222. The van der Waals surface area contributed by atoms with Crippen molar-refractivity contribution in [2.75, 3.05) is 30.8 Å². The van der Waals surface area contributed by atoms with Crippen LogP contribution < -0.4 is 10.6 Å². The predicted octanol–water partition coefficient (Wildman–Crippen LogP) is 2.41. The van der Waals surface area contributed by atoms with Crippen molar-refractivity contribution in [3.8, 4) is 0 Å². The molecule has 26 heavy (non-hydrogen) atoms. The summed E-state index contributed by atoms with van der Waals surface area (Å²) in [4.78, 5) is 36.0.